The lowest BCUT2D eigenvalue weighted by Crippen LogP contribution is -2.29. The minimum absolute atomic E-state index is 0.0199. The van der Waals surface area contributed by atoms with E-state index in [1.54, 1.807) is 6.07 Å². The second-order valence-electron chi connectivity index (χ2n) is 5.81. The Balaban J connectivity index is 1.59. The van der Waals surface area contributed by atoms with Gasteiger partial charge in [0.2, 0.25) is 0 Å². The molecule has 2 aromatic heterocycles. The van der Waals surface area contributed by atoms with Gasteiger partial charge in [0.05, 0.1) is 4.47 Å². The number of carbonyl (C=O) groups excluding carboxylic acids is 1. The van der Waals surface area contributed by atoms with Crippen molar-refractivity contribution in [2.45, 2.75) is 12.3 Å². The summed E-state index contributed by atoms with van der Waals surface area (Å²) in [7, 11) is 0. The Kier molecular flexibility index (Phi) is 3.37. The van der Waals surface area contributed by atoms with E-state index < -0.39 is 0 Å². The van der Waals surface area contributed by atoms with Crippen LogP contribution in [-0.2, 0) is 0 Å². The summed E-state index contributed by atoms with van der Waals surface area (Å²) in [6.07, 6.45) is 0.845. The van der Waals surface area contributed by atoms with E-state index in [4.69, 9.17) is 0 Å². The van der Waals surface area contributed by atoms with E-state index >= 15 is 0 Å². The number of carbonyl (C=O) groups is 1. The van der Waals surface area contributed by atoms with Crippen LogP contribution < -0.4 is 5.56 Å². The van der Waals surface area contributed by atoms with Crippen LogP contribution in [0.2, 0.25) is 0 Å². The van der Waals surface area contributed by atoms with Crippen LogP contribution in [0.5, 0.6) is 0 Å². The third-order valence-electron chi connectivity index (χ3n) is 4.39. The molecule has 3 heterocycles. The number of nitrogens with zero attached hydrogens (tertiary/aromatic N) is 1. The largest absolute Gasteiger partial charge is 0.350 e. The molecule has 3 N–H and O–H groups in total. The molecule has 0 bridgehead atoms. The van der Waals surface area contributed by atoms with E-state index in [1.807, 2.05) is 29.2 Å². The predicted octanol–water partition coefficient (Wildman–Crippen LogP) is 2.58. The van der Waals surface area contributed by atoms with Crippen LogP contribution in [0.25, 0.3) is 10.9 Å². The fraction of sp³-hybridized carbons (Fsp3) is 0.250. The van der Waals surface area contributed by atoms with Crippen LogP contribution in [0.4, 0.5) is 0 Å². The van der Waals surface area contributed by atoms with Gasteiger partial charge in [-0.1, -0.05) is 18.2 Å². The average Bonchev–Trinajstić information content (AvgIpc) is 3.26. The topological polar surface area (TPSA) is 84.8 Å². The van der Waals surface area contributed by atoms with Crippen LogP contribution >= 0.6 is 15.9 Å². The first kappa shape index (κ1) is 14.3. The second kappa shape index (κ2) is 5.42. The molecule has 3 aromatic rings. The van der Waals surface area contributed by atoms with E-state index in [0.29, 0.717) is 18.8 Å². The van der Waals surface area contributed by atoms with E-state index in [9.17, 15) is 9.59 Å². The summed E-state index contributed by atoms with van der Waals surface area (Å²) in [6.45, 7) is 1.28. The zero-order valence-corrected chi connectivity index (χ0v) is 13.8. The van der Waals surface area contributed by atoms with E-state index in [1.165, 1.54) is 0 Å². The smallest absolute Gasteiger partial charge is 0.271 e. The average molecular weight is 375 g/mol. The van der Waals surface area contributed by atoms with E-state index in [0.717, 1.165) is 27.5 Å². The summed E-state index contributed by atoms with van der Waals surface area (Å²) in [5, 5.41) is 6.44. The SMILES string of the molecule is O=C(c1[nH]c2ccccc2c1Br)N1CCC(c2cc(=O)[nH][nH]2)C1. The Morgan fingerprint density at radius 3 is 2.83 bits per heavy atom. The summed E-state index contributed by atoms with van der Waals surface area (Å²) >= 11 is 3.53. The minimum atomic E-state index is -0.136. The molecule has 1 amide bonds. The third kappa shape index (κ3) is 2.41. The highest BCUT2D eigenvalue weighted by Gasteiger charge is 2.30. The van der Waals surface area contributed by atoms with Crippen LogP contribution in [-0.4, -0.2) is 39.1 Å². The Morgan fingerprint density at radius 2 is 2.09 bits per heavy atom. The van der Waals surface area contributed by atoms with Crippen LogP contribution in [0, 0.1) is 0 Å². The van der Waals surface area contributed by atoms with Crippen molar-refractivity contribution in [1.82, 2.24) is 20.1 Å². The van der Waals surface area contributed by atoms with Gasteiger partial charge >= 0.3 is 0 Å². The molecule has 0 aliphatic carbocycles. The molecule has 1 fully saturated rings. The number of hydrogen-bond donors (Lipinski definition) is 3. The Hall–Kier alpha value is -2.28. The van der Waals surface area contributed by atoms with Gasteiger partial charge in [-0.2, -0.15) is 0 Å². The number of halogens is 1. The molecule has 0 radical (unpaired) electrons. The quantitative estimate of drug-likeness (QED) is 0.643. The molecule has 1 unspecified atom stereocenters. The number of aromatic amines is 3. The van der Waals surface area contributed by atoms with Crippen molar-refractivity contribution in [1.29, 1.82) is 0 Å². The first-order valence-corrected chi connectivity index (χ1v) is 8.26. The van der Waals surface area contributed by atoms with Gasteiger partial charge < -0.3 is 15.0 Å². The number of H-pyrrole nitrogens is 3. The third-order valence-corrected chi connectivity index (χ3v) is 5.21. The molecule has 1 atom stereocenters. The fourth-order valence-electron chi connectivity index (χ4n) is 3.18. The number of fused-ring (bicyclic) bond motifs is 1. The summed E-state index contributed by atoms with van der Waals surface area (Å²) in [4.78, 5) is 29.1. The standard InChI is InChI=1S/C16H15BrN4O2/c17-14-10-3-1-2-4-11(10)18-15(14)16(23)21-6-5-9(8-21)12-7-13(22)20-19-12/h1-4,7,9,18H,5-6,8H2,(H2,19,20,22). The Morgan fingerprint density at radius 1 is 1.26 bits per heavy atom. The molecule has 7 heteroatoms. The first-order valence-electron chi connectivity index (χ1n) is 7.46. The van der Waals surface area contributed by atoms with Crippen LogP contribution in [0.15, 0.2) is 39.6 Å². The van der Waals surface area contributed by atoms with Gasteiger partial charge in [0, 0.05) is 41.7 Å². The molecule has 4 rings (SSSR count). The van der Waals surface area contributed by atoms with Crippen molar-refractivity contribution in [2.75, 3.05) is 13.1 Å². The van der Waals surface area contributed by atoms with Gasteiger partial charge in [0.1, 0.15) is 5.69 Å². The maximum atomic E-state index is 12.8. The van der Waals surface area contributed by atoms with Crippen molar-refractivity contribution in [2.24, 2.45) is 0 Å². The lowest BCUT2D eigenvalue weighted by molar-refractivity contribution is 0.0785. The molecule has 1 aliphatic rings. The zero-order valence-electron chi connectivity index (χ0n) is 12.2. The molecular formula is C16H15BrN4O2. The van der Waals surface area contributed by atoms with Crippen LogP contribution in [0.1, 0.15) is 28.5 Å². The van der Waals surface area contributed by atoms with Gasteiger partial charge in [-0.05, 0) is 28.4 Å². The molecule has 1 aromatic carbocycles. The highest BCUT2D eigenvalue weighted by atomic mass is 79.9. The number of nitrogens with one attached hydrogen (secondary N) is 3. The number of likely N-dealkylation sites (tertiary alicyclic amines) is 1. The molecule has 0 saturated carbocycles. The number of amides is 1. The molecule has 23 heavy (non-hydrogen) atoms. The van der Waals surface area contributed by atoms with Gasteiger partial charge in [0.25, 0.3) is 11.5 Å². The van der Waals surface area contributed by atoms with E-state index in [2.05, 4.69) is 31.1 Å². The number of aromatic nitrogens is 3. The zero-order chi connectivity index (χ0) is 16.0. The Labute approximate surface area is 140 Å². The maximum Gasteiger partial charge on any atom is 0.271 e. The summed E-state index contributed by atoms with van der Waals surface area (Å²) in [5.41, 5.74) is 2.24. The number of rotatable bonds is 2. The van der Waals surface area contributed by atoms with Crippen molar-refractivity contribution in [3.63, 3.8) is 0 Å². The number of hydrogen-bond acceptors (Lipinski definition) is 2. The van der Waals surface area contributed by atoms with E-state index in [-0.39, 0.29) is 17.4 Å². The molecule has 118 valence electrons. The Bertz CT molecular complexity index is 939. The lowest BCUT2D eigenvalue weighted by atomic mass is 10.1. The van der Waals surface area contributed by atoms with Crippen molar-refractivity contribution in [3.8, 4) is 0 Å². The molecule has 6 nitrogen and oxygen atoms in total. The fourth-order valence-corrected chi connectivity index (χ4v) is 3.79. The highest BCUT2D eigenvalue weighted by molar-refractivity contribution is 9.10. The molecule has 1 saturated heterocycles. The van der Waals surface area contributed by atoms with Crippen LogP contribution in [0.3, 0.4) is 0 Å². The summed E-state index contributed by atoms with van der Waals surface area (Å²) in [5.74, 6) is 0.148. The highest BCUT2D eigenvalue weighted by Crippen LogP contribution is 2.31. The summed E-state index contributed by atoms with van der Waals surface area (Å²) < 4.78 is 0.802. The number of para-hydroxylation sites is 1. The maximum absolute atomic E-state index is 12.8. The molecule has 1 aliphatic heterocycles. The first-order chi connectivity index (χ1) is 11.1. The lowest BCUT2D eigenvalue weighted by Gasteiger charge is -2.15. The van der Waals surface area contributed by atoms with Gasteiger partial charge in [-0.3, -0.25) is 14.7 Å². The second-order valence-corrected chi connectivity index (χ2v) is 6.60. The molecular weight excluding hydrogens is 360 g/mol. The molecule has 0 spiro atoms. The van der Waals surface area contributed by atoms with Crippen molar-refractivity contribution >= 4 is 32.7 Å². The normalized spacial score (nSPS) is 18.0. The van der Waals surface area contributed by atoms with Gasteiger partial charge in [-0.25, -0.2) is 0 Å². The summed E-state index contributed by atoms with van der Waals surface area (Å²) in [6, 6.07) is 9.38. The predicted molar refractivity (Wildman–Crippen MR) is 90.7 cm³/mol. The van der Waals surface area contributed by atoms with Gasteiger partial charge in [-0.15, -0.1) is 0 Å². The minimum Gasteiger partial charge on any atom is -0.350 e. The monoisotopic (exact) mass is 374 g/mol. The van der Waals surface area contributed by atoms with Gasteiger partial charge in [0.15, 0.2) is 0 Å². The van der Waals surface area contributed by atoms with Crippen molar-refractivity contribution < 1.29 is 4.79 Å². The van der Waals surface area contributed by atoms with Crippen molar-refractivity contribution in [3.05, 3.63) is 56.5 Å². The number of benzene rings is 1.